The summed E-state index contributed by atoms with van der Waals surface area (Å²) in [5, 5.41) is 3.50. The van der Waals surface area contributed by atoms with Crippen LogP contribution in [0.25, 0.3) is 16.7 Å². The highest BCUT2D eigenvalue weighted by Crippen LogP contribution is 2.37. The van der Waals surface area contributed by atoms with Crippen LogP contribution in [0, 0.1) is 6.92 Å². The lowest BCUT2D eigenvalue weighted by Gasteiger charge is -2.16. The van der Waals surface area contributed by atoms with Crippen molar-refractivity contribution < 1.29 is 23.7 Å². The molecule has 8 nitrogen and oxygen atoms in total. The molecule has 192 valence electrons. The van der Waals surface area contributed by atoms with E-state index in [0.717, 1.165) is 50.6 Å². The van der Waals surface area contributed by atoms with Gasteiger partial charge in [0.25, 0.3) is 0 Å². The number of esters is 1. The van der Waals surface area contributed by atoms with Crippen molar-refractivity contribution in [3.8, 4) is 23.2 Å². The van der Waals surface area contributed by atoms with Crippen molar-refractivity contribution in [3.63, 3.8) is 0 Å². The lowest BCUT2D eigenvalue weighted by molar-refractivity contribution is -0.149. The standard InChI is InChI=1S/C29H31N3O5/c1-5-28(33)37-27-17-36-26-14-20(10-12-22(26)27)30-16-19-8-7-9-24(18(19)3)32-25-15-21(34-4)11-13-23(25)31-29(32)35-6-2/h7-15,27,30H,5-6,16-17H2,1-4H3/t27-/m1/s1. The van der Waals surface area contributed by atoms with Crippen LogP contribution >= 0.6 is 0 Å². The van der Waals surface area contributed by atoms with Crippen molar-refractivity contribution in [1.29, 1.82) is 0 Å². The Morgan fingerprint density at radius 2 is 2.03 bits per heavy atom. The number of hydrogen-bond acceptors (Lipinski definition) is 7. The van der Waals surface area contributed by atoms with Gasteiger partial charge in [0, 0.05) is 36.3 Å². The maximum Gasteiger partial charge on any atom is 0.306 e. The van der Waals surface area contributed by atoms with Crippen LogP contribution in [0.5, 0.6) is 17.5 Å². The lowest BCUT2D eigenvalue weighted by atomic mass is 10.1. The Bertz CT molecular complexity index is 1450. The zero-order chi connectivity index (χ0) is 25.9. The number of carbonyl (C=O) groups excluding carboxylic acids is 1. The highest BCUT2D eigenvalue weighted by Gasteiger charge is 2.27. The number of benzene rings is 3. The minimum absolute atomic E-state index is 0.226. The van der Waals surface area contributed by atoms with Crippen molar-refractivity contribution >= 4 is 22.7 Å². The molecular formula is C29H31N3O5. The van der Waals surface area contributed by atoms with E-state index in [2.05, 4.69) is 24.4 Å². The second-order valence-electron chi connectivity index (χ2n) is 8.83. The van der Waals surface area contributed by atoms with Crippen LogP contribution in [0.3, 0.4) is 0 Å². The zero-order valence-electron chi connectivity index (χ0n) is 21.5. The molecule has 1 N–H and O–H groups in total. The van der Waals surface area contributed by atoms with Gasteiger partial charge < -0.3 is 24.3 Å². The number of rotatable bonds is 9. The average Bonchev–Trinajstić information content (AvgIpc) is 3.48. The molecule has 2 heterocycles. The van der Waals surface area contributed by atoms with Gasteiger partial charge in [0.1, 0.15) is 18.1 Å². The topological polar surface area (TPSA) is 83.8 Å². The normalized spacial score (nSPS) is 14.2. The third-order valence-electron chi connectivity index (χ3n) is 6.56. The van der Waals surface area contributed by atoms with Gasteiger partial charge in [-0.15, -0.1) is 0 Å². The van der Waals surface area contributed by atoms with Crippen LogP contribution in [0.1, 0.15) is 43.1 Å². The summed E-state index contributed by atoms with van der Waals surface area (Å²) in [6.07, 6.45) is -0.00293. The number of fused-ring (bicyclic) bond motifs is 2. The fraction of sp³-hybridized carbons (Fsp3) is 0.310. The Kier molecular flexibility index (Phi) is 6.90. The van der Waals surface area contributed by atoms with Crippen molar-refractivity contribution in [3.05, 3.63) is 71.3 Å². The number of hydrogen-bond donors (Lipinski definition) is 1. The molecule has 1 aliphatic rings. The van der Waals surface area contributed by atoms with E-state index in [1.165, 1.54) is 0 Å². The molecule has 0 saturated carbocycles. The van der Waals surface area contributed by atoms with Gasteiger partial charge in [0.15, 0.2) is 6.10 Å². The number of imidazole rings is 1. The fourth-order valence-electron chi connectivity index (χ4n) is 4.55. The molecule has 4 aromatic rings. The van der Waals surface area contributed by atoms with Crippen molar-refractivity contribution in [2.45, 2.75) is 39.8 Å². The van der Waals surface area contributed by atoms with Gasteiger partial charge in [-0.2, -0.15) is 4.98 Å². The second kappa shape index (κ2) is 10.4. The van der Waals surface area contributed by atoms with Gasteiger partial charge >= 0.3 is 12.0 Å². The molecule has 1 atom stereocenters. The first-order chi connectivity index (χ1) is 18.0. The molecule has 0 amide bonds. The third kappa shape index (κ3) is 4.79. The Morgan fingerprint density at radius 3 is 2.81 bits per heavy atom. The highest BCUT2D eigenvalue weighted by atomic mass is 16.6. The van der Waals surface area contributed by atoms with Gasteiger partial charge in [0.2, 0.25) is 0 Å². The quantitative estimate of drug-likeness (QED) is 0.293. The zero-order valence-corrected chi connectivity index (χ0v) is 21.5. The SMILES string of the molecule is CCOc1nc2ccc(OC)cc2n1-c1cccc(CNc2ccc3c(c2)OC[C@H]3OC(=O)CC)c1C. The summed E-state index contributed by atoms with van der Waals surface area (Å²) in [6, 6.07) is 18.5. The van der Waals surface area contributed by atoms with E-state index in [1.807, 2.05) is 54.0 Å². The molecule has 0 spiro atoms. The summed E-state index contributed by atoms with van der Waals surface area (Å²) in [5.41, 5.74) is 6.84. The van der Waals surface area contributed by atoms with Crippen LogP contribution in [0.4, 0.5) is 5.69 Å². The first-order valence-electron chi connectivity index (χ1n) is 12.5. The van der Waals surface area contributed by atoms with Crippen molar-refractivity contribution in [1.82, 2.24) is 9.55 Å². The molecule has 0 saturated heterocycles. The number of anilines is 1. The van der Waals surface area contributed by atoms with Gasteiger partial charge in [-0.25, -0.2) is 0 Å². The minimum Gasteiger partial charge on any atom is -0.497 e. The largest absolute Gasteiger partial charge is 0.497 e. The molecule has 0 unspecified atom stereocenters. The summed E-state index contributed by atoms with van der Waals surface area (Å²) in [6.45, 7) is 7.32. The van der Waals surface area contributed by atoms with Crippen LogP contribution < -0.4 is 19.5 Å². The van der Waals surface area contributed by atoms with E-state index in [4.69, 9.17) is 23.9 Å². The third-order valence-corrected chi connectivity index (χ3v) is 6.56. The first-order valence-corrected chi connectivity index (χ1v) is 12.5. The summed E-state index contributed by atoms with van der Waals surface area (Å²) in [5.74, 6) is 1.28. The maximum absolute atomic E-state index is 11.7. The van der Waals surface area contributed by atoms with Gasteiger partial charge in [-0.3, -0.25) is 9.36 Å². The number of ether oxygens (including phenoxy) is 4. The maximum atomic E-state index is 11.7. The minimum atomic E-state index is -0.349. The number of carbonyl (C=O) groups is 1. The molecule has 5 rings (SSSR count). The van der Waals surface area contributed by atoms with E-state index in [0.29, 0.717) is 32.2 Å². The van der Waals surface area contributed by atoms with E-state index >= 15 is 0 Å². The Morgan fingerprint density at radius 1 is 1.16 bits per heavy atom. The monoisotopic (exact) mass is 501 g/mol. The van der Waals surface area contributed by atoms with Crippen LogP contribution in [0.2, 0.25) is 0 Å². The summed E-state index contributed by atoms with van der Waals surface area (Å²) in [7, 11) is 1.66. The van der Waals surface area contributed by atoms with E-state index < -0.39 is 0 Å². The van der Waals surface area contributed by atoms with E-state index in [-0.39, 0.29) is 12.1 Å². The van der Waals surface area contributed by atoms with Crippen LogP contribution in [0.15, 0.2) is 54.6 Å². The number of nitrogens with zero attached hydrogens (tertiary/aromatic N) is 2. The van der Waals surface area contributed by atoms with Gasteiger partial charge in [0.05, 0.1) is 30.4 Å². The molecule has 3 aromatic carbocycles. The van der Waals surface area contributed by atoms with Crippen molar-refractivity contribution in [2.75, 3.05) is 25.6 Å². The number of aromatic nitrogens is 2. The molecule has 0 fully saturated rings. The average molecular weight is 502 g/mol. The molecule has 1 aliphatic heterocycles. The second-order valence-corrected chi connectivity index (χ2v) is 8.83. The lowest BCUT2D eigenvalue weighted by Crippen LogP contribution is -2.11. The van der Waals surface area contributed by atoms with Gasteiger partial charge in [-0.1, -0.05) is 19.1 Å². The Balaban J connectivity index is 1.41. The smallest absolute Gasteiger partial charge is 0.306 e. The summed E-state index contributed by atoms with van der Waals surface area (Å²) >= 11 is 0. The molecular weight excluding hydrogens is 470 g/mol. The highest BCUT2D eigenvalue weighted by molar-refractivity contribution is 5.81. The Labute approximate surface area is 216 Å². The summed E-state index contributed by atoms with van der Waals surface area (Å²) < 4.78 is 24.7. The van der Waals surface area contributed by atoms with E-state index in [1.54, 1.807) is 14.0 Å². The molecule has 8 heteroatoms. The van der Waals surface area contributed by atoms with Crippen LogP contribution in [-0.4, -0.2) is 35.8 Å². The predicted molar refractivity (Wildman–Crippen MR) is 142 cm³/mol. The molecule has 0 radical (unpaired) electrons. The fourth-order valence-corrected chi connectivity index (χ4v) is 4.55. The molecule has 1 aromatic heterocycles. The van der Waals surface area contributed by atoms with Gasteiger partial charge in [-0.05, 0) is 55.3 Å². The van der Waals surface area contributed by atoms with E-state index in [9.17, 15) is 4.79 Å². The number of nitrogens with one attached hydrogen (secondary N) is 1. The number of methoxy groups -OCH3 is 1. The molecule has 37 heavy (non-hydrogen) atoms. The first kappa shape index (κ1) is 24.5. The summed E-state index contributed by atoms with van der Waals surface area (Å²) in [4.78, 5) is 16.4. The molecule has 0 bridgehead atoms. The Hall–Kier alpha value is -4.20. The molecule has 0 aliphatic carbocycles. The van der Waals surface area contributed by atoms with Crippen LogP contribution in [-0.2, 0) is 16.1 Å². The predicted octanol–water partition coefficient (Wildman–Crippen LogP) is 5.74. The van der Waals surface area contributed by atoms with Crippen molar-refractivity contribution in [2.24, 2.45) is 0 Å².